The van der Waals surface area contributed by atoms with Crippen LogP contribution in [0, 0.1) is 5.41 Å². The zero-order valence-electron chi connectivity index (χ0n) is 12.2. The van der Waals surface area contributed by atoms with Gasteiger partial charge in [-0.05, 0) is 42.7 Å². The molecular formula is C18H20O2. The Kier molecular flexibility index (Phi) is 2.79. The van der Waals surface area contributed by atoms with Gasteiger partial charge in [0.2, 0.25) is 0 Å². The molecule has 0 bridgehead atoms. The van der Waals surface area contributed by atoms with E-state index in [2.05, 4.69) is 32.9 Å². The molecule has 2 aromatic carbocycles. The molecule has 0 amide bonds. The number of para-hydroxylation sites is 1. The van der Waals surface area contributed by atoms with Crippen LogP contribution < -0.4 is 4.74 Å². The molecule has 0 aliphatic carbocycles. The Morgan fingerprint density at radius 3 is 2.30 bits per heavy atom. The van der Waals surface area contributed by atoms with Crippen LogP contribution in [0.1, 0.15) is 31.9 Å². The fraction of sp³-hybridized carbons (Fsp3) is 0.333. The zero-order valence-corrected chi connectivity index (χ0v) is 12.2. The Morgan fingerprint density at radius 1 is 0.950 bits per heavy atom. The van der Waals surface area contributed by atoms with Gasteiger partial charge in [-0.2, -0.15) is 0 Å². The quantitative estimate of drug-likeness (QED) is 0.837. The molecule has 2 nitrogen and oxygen atoms in total. The van der Waals surface area contributed by atoms with Crippen molar-refractivity contribution in [3.8, 4) is 11.5 Å². The predicted octanol–water partition coefficient (Wildman–Crippen LogP) is 4.27. The first-order chi connectivity index (χ1) is 9.42. The van der Waals surface area contributed by atoms with E-state index in [4.69, 9.17) is 4.74 Å². The SMILES string of the molecule is CC1(C)Cc2ccccc2OC1(C)c1ccc(O)cc1. The van der Waals surface area contributed by atoms with Crippen molar-refractivity contribution in [1.29, 1.82) is 0 Å². The molecular weight excluding hydrogens is 248 g/mol. The number of benzene rings is 2. The highest BCUT2D eigenvalue weighted by Gasteiger charge is 2.48. The molecule has 0 saturated carbocycles. The third-order valence-electron chi connectivity index (χ3n) is 4.63. The molecule has 2 heteroatoms. The Hall–Kier alpha value is -1.96. The number of hydrogen-bond acceptors (Lipinski definition) is 2. The van der Waals surface area contributed by atoms with E-state index in [1.54, 1.807) is 12.1 Å². The monoisotopic (exact) mass is 268 g/mol. The van der Waals surface area contributed by atoms with Crippen molar-refractivity contribution in [3.63, 3.8) is 0 Å². The van der Waals surface area contributed by atoms with E-state index in [1.165, 1.54) is 5.56 Å². The molecule has 2 aromatic rings. The smallest absolute Gasteiger partial charge is 0.137 e. The lowest BCUT2D eigenvalue weighted by Gasteiger charge is -2.48. The van der Waals surface area contributed by atoms with E-state index >= 15 is 0 Å². The minimum Gasteiger partial charge on any atom is -0.508 e. The highest BCUT2D eigenvalue weighted by molar-refractivity contribution is 5.41. The minimum atomic E-state index is -0.408. The minimum absolute atomic E-state index is 0.0294. The largest absolute Gasteiger partial charge is 0.508 e. The van der Waals surface area contributed by atoms with Crippen molar-refractivity contribution in [2.45, 2.75) is 32.8 Å². The van der Waals surface area contributed by atoms with E-state index in [-0.39, 0.29) is 11.2 Å². The van der Waals surface area contributed by atoms with Crippen LogP contribution in [0.15, 0.2) is 48.5 Å². The van der Waals surface area contributed by atoms with Gasteiger partial charge in [0.1, 0.15) is 17.1 Å². The van der Waals surface area contributed by atoms with Crippen molar-refractivity contribution >= 4 is 0 Å². The van der Waals surface area contributed by atoms with Gasteiger partial charge in [-0.3, -0.25) is 0 Å². The van der Waals surface area contributed by atoms with Gasteiger partial charge < -0.3 is 9.84 Å². The van der Waals surface area contributed by atoms with Gasteiger partial charge >= 0.3 is 0 Å². The summed E-state index contributed by atoms with van der Waals surface area (Å²) in [5.41, 5.74) is 1.91. The molecule has 0 spiro atoms. The molecule has 0 fully saturated rings. The highest BCUT2D eigenvalue weighted by Crippen LogP contribution is 2.50. The summed E-state index contributed by atoms with van der Waals surface area (Å²) in [5, 5.41) is 9.49. The fourth-order valence-corrected chi connectivity index (χ4v) is 2.98. The average Bonchev–Trinajstić information content (AvgIpc) is 2.40. The zero-order chi connectivity index (χ0) is 14.4. The molecule has 1 N–H and O–H groups in total. The second-order valence-electron chi connectivity index (χ2n) is 6.35. The molecule has 1 aliphatic heterocycles. The Balaban J connectivity index is 2.10. The van der Waals surface area contributed by atoms with Gasteiger partial charge in [0.25, 0.3) is 0 Å². The summed E-state index contributed by atoms with van der Waals surface area (Å²) in [6.07, 6.45) is 0.973. The summed E-state index contributed by atoms with van der Waals surface area (Å²) in [5.74, 6) is 1.24. The molecule has 104 valence electrons. The second kappa shape index (κ2) is 4.27. The van der Waals surface area contributed by atoms with E-state index in [0.29, 0.717) is 0 Å². The first-order valence-corrected chi connectivity index (χ1v) is 6.99. The van der Waals surface area contributed by atoms with Crippen LogP contribution >= 0.6 is 0 Å². The predicted molar refractivity (Wildman–Crippen MR) is 80.0 cm³/mol. The van der Waals surface area contributed by atoms with Gasteiger partial charge in [0.15, 0.2) is 0 Å². The molecule has 1 aliphatic rings. The van der Waals surface area contributed by atoms with Crippen LogP contribution in [0.5, 0.6) is 11.5 Å². The van der Waals surface area contributed by atoms with Crippen molar-refractivity contribution < 1.29 is 9.84 Å². The standard InChI is InChI=1S/C18H20O2/c1-17(2)12-13-6-4-5-7-16(13)20-18(17,3)14-8-10-15(19)11-9-14/h4-11,19H,12H2,1-3H3. The van der Waals surface area contributed by atoms with Crippen molar-refractivity contribution in [3.05, 3.63) is 59.7 Å². The van der Waals surface area contributed by atoms with Crippen molar-refractivity contribution in [2.75, 3.05) is 0 Å². The summed E-state index contributed by atoms with van der Waals surface area (Å²) in [6, 6.07) is 15.6. The number of aromatic hydroxyl groups is 1. The Bertz CT molecular complexity index is 628. The molecule has 1 atom stereocenters. The van der Waals surface area contributed by atoms with Gasteiger partial charge in [-0.15, -0.1) is 0 Å². The summed E-state index contributed by atoms with van der Waals surface area (Å²) >= 11 is 0. The lowest BCUT2D eigenvalue weighted by molar-refractivity contribution is -0.0486. The van der Waals surface area contributed by atoms with Gasteiger partial charge in [0.05, 0.1) is 0 Å². The molecule has 0 radical (unpaired) electrons. The lowest BCUT2D eigenvalue weighted by Crippen LogP contribution is -2.48. The Morgan fingerprint density at radius 2 is 1.60 bits per heavy atom. The lowest BCUT2D eigenvalue weighted by atomic mass is 9.67. The van der Waals surface area contributed by atoms with Crippen LogP contribution in [0.25, 0.3) is 0 Å². The van der Waals surface area contributed by atoms with Gasteiger partial charge in [-0.1, -0.05) is 44.2 Å². The molecule has 3 rings (SSSR count). The molecule has 1 heterocycles. The third-order valence-corrected chi connectivity index (χ3v) is 4.63. The van der Waals surface area contributed by atoms with Crippen LogP contribution in [0.4, 0.5) is 0 Å². The molecule has 1 unspecified atom stereocenters. The maximum Gasteiger partial charge on any atom is 0.137 e. The highest BCUT2D eigenvalue weighted by atomic mass is 16.5. The van der Waals surface area contributed by atoms with Gasteiger partial charge in [-0.25, -0.2) is 0 Å². The molecule has 0 aromatic heterocycles. The number of ether oxygens (including phenoxy) is 1. The van der Waals surface area contributed by atoms with Crippen molar-refractivity contribution in [2.24, 2.45) is 5.41 Å². The average molecular weight is 268 g/mol. The summed E-state index contributed by atoms with van der Waals surface area (Å²) in [4.78, 5) is 0. The van der Waals surface area contributed by atoms with Crippen molar-refractivity contribution in [1.82, 2.24) is 0 Å². The second-order valence-corrected chi connectivity index (χ2v) is 6.35. The fourth-order valence-electron chi connectivity index (χ4n) is 2.98. The van der Waals surface area contributed by atoms with E-state index in [0.717, 1.165) is 17.7 Å². The first kappa shape index (κ1) is 13.0. The number of rotatable bonds is 1. The number of phenolic OH excluding ortho intramolecular Hbond substituents is 1. The maximum atomic E-state index is 9.49. The summed E-state index contributed by atoms with van der Waals surface area (Å²) in [7, 11) is 0. The normalized spacial score (nSPS) is 23.8. The first-order valence-electron chi connectivity index (χ1n) is 6.99. The topological polar surface area (TPSA) is 29.5 Å². The summed E-state index contributed by atoms with van der Waals surface area (Å²) in [6.45, 7) is 6.60. The number of fused-ring (bicyclic) bond motifs is 1. The molecule has 0 saturated heterocycles. The Labute approximate surface area is 120 Å². The van der Waals surface area contributed by atoms with E-state index < -0.39 is 5.60 Å². The van der Waals surface area contributed by atoms with Crippen LogP contribution in [0.3, 0.4) is 0 Å². The molecule has 20 heavy (non-hydrogen) atoms. The van der Waals surface area contributed by atoms with E-state index in [1.807, 2.05) is 24.3 Å². The van der Waals surface area contributed by atoms with Gasteiger partial charge in [0, 0.05) is 5.41 Å². The van der Waals surface area contributed by atoms with Crippen LogP contribution in [0.2, 0.25) is 0 Å². The number of phenols is 1. The number of hydrogen-bond donors (Lipinski definition) is 1. The summed E-state index contributed by atoms with van der Waals surface area (Å²) < 4.78 is 6.38. The third kappa shape index (κ3) is 1.87. The maximum absolute atomic E-state index is 9.49. The van der Waals surface area contributed by atoms with Crippen LogP contribution in [-0.4, -0.2) is 5.11 Å². The van der Waals surface area contributed by atoms with Crippen LogP contribution in [-0.2, 0) is 12.0 Å². The van der Waals surface area contributed by atoms with E-state index in [9.17, 15) is 5.11 Å².